The zero-order valence-electron chi connectivity index (χ0n) is 36.9. The van der Waals surface area contributed by atoms with Crippen LogP contribution in [0, 0.1) is 0 Å². The first-order valence-corrected chi connectivity index (χ1v) is 23.3. The largest absolute Gasteiger partial charge is 0.231 e. The van der Waals surface area contributed by atoms with Crippen molar-refractivity contribution in [2.24, 2.45) is 0 Å². The van der Waals surface area contributed by atoms with Gasteiger partial charge in [0.15, 0.2) is 5.82 Å². The van der Waals surface area contributed by atoms with Gasteiger partial charge in [0.2, 0.25) is 0 Å². The van der Waals surface area contributed by atoms with E-state index >= 15 is 0 Å². The molecule has 0 N–H and O–H groups in total. The van der Waals surface area contributed by atoms with Crippen molar-refractivity contribution in [2.75, 3.05) is 0 Å². The van der Waals surface area contributed by atoms with Crippen LogP contribution in [0.15, 0.2) is 243 Å². The van der Waals surface area contributed by atoms with E-state index < -0.39 is 5.41 Å². The molecule has 3 heterocycles. The van der Waals surface area contributed by atoms with E-state index in [0.717, 1.165) is 72.6 Å². The standard InChI is InChI=1S/C64H40N4/c1-4-18-41(19-5-1)57-40-58(66-63(65-57)47-36-37-52-51-28-14-17-31-55(51)64(56(52)38-47)53-29-15-12-26-49(53)50-27-13-16-30-54(50)64)42-32-34-44(35-33-42)60-61(45-22-8-3-9-23-45)67-68-59(43-20-6-2-7-21-43)39-46-24-10-11-25-48(46)62(60)68/h1-40H. The Balaban J connectivity index is 0.950. The van der Waals surface area contributed by atoms with Gasteiger partial charge in [-0.1, -0.05) is 224 Å². The molecule has 0 unspecified atom stereocenters. The fourth-order valence-electron chi connectivity index (χ4n) is 11.3. The summed E-state index contributed by atoms with van der Waals surface area (Å²) in [6.45, 7) is 0. The van der Waals surface area contributed by atoms with Crippen molar-refractivity contribution in [1.82, 2.24) is 19.6 Å². The molecule has 4 heteroatoms. The van der Waals surface area contributed by atoms with Crippen molar-refractivity contribution in [1.29, 1.82) is 0 Å². The number of pyridine rings is 1. The molecule has 12 aromatic rings. The highest BCUT2D eigenvalue weighted by Crippen LogP contribution is 2.63. The van der Waals surface area contributed by atoms with E-state index in [1.807, 2.05) is 0 Å². The van der Waals surface area contributed by atoms with Crippen LogP contribution in [-0.4, -0.2) is 19.6 Å². The lowest BCUT2D eigenvalue weighted by Gasteiger charge is -2.30. The highest BCUT2D eigenvalue weighted by Gasteiger charge is 2.51. The van der Waals surface area contributed by atoms with E-state index in [0.29, 0.717) is 5.82 Å². The first-order valence-electron chi connectivity index (χ1n) is 23.3. The van der Waals surface area contributed by atoms with E-state index in [-0.39, 0.29) is 0 Å². The molecule has 316 valence electrons. The van der Waals surface area contributed by atoms with Gasteiger partial charge in [-0.2, -0.15) is 5.10 Å². The molecule has 0 saturated carbocycles. The molecule has 0 radical (unpaired) electrons. The van der Waals surface area contributed by atoms with E-state index in [9.17, 15) is 0 Å². The van der Waals surface area contributed by atoms with Crippen molar-refractivity contribution in [3.8, 4) is 89.8 Å². The van der Waals surface area contributed by atoms with Crippen LogP contribution in [0.3, 0.4) is 0 Å². The number of fused-ring (bicyclic) bond motifs is 13. The molecule has 2 aliphatic rings. The third-order valence-corrected chi connectivity index (χ3v) is 14.3. The van der Waals surface area contributed by atoms with Crippen molar-refractivity contribution in [3.05, 3.63) is 265 Å². The average molecular weight is 865 g/mol. The molecule has 0 aliphatic heterocycles. The Morgan fingerprint density at radius 1 is 0.338 bits per heavy atom. The summed E-state index contributed by atoms with van der Waals surface area (Å²) in [6, 6.07) is 87.2. The zero-order valence-corrected chi connectivity index (χ0v) is 36.9. The van der Waals surface area contributed by atoms with Crippen molar-refractivity contribution in [2.45, 2.75) is 5.41 Å². The number of hydrogen-bond donors (Lipinski definition) is 0. The number of nitrogens with zero attached hydrogens (tertiary/aromatic N) is 4. The summed E-state index contributed by atoms with van der Waals surface area (Å²) < 4.78 is 2.15. The summed E-state index contributed by atoms with van der Waals surface area (Å²) in [4.78, 5) is 10.8. The Hall–Kier alpha value is -8.99. The van der Waals surface area contributed by atoms with Gasteiger partial charge >= 0.3 is 0 Å². The number of aromatic nitrogens is 4. The topological polar surface area (TPSA) is 43.1 Å². The van der Waals surface area contributed by atoms with Crippen LogP contribution in [0.2, 0.25) is 0 Å². The quantitative estimate of drug-likeness (QED) is 0.167. The van der Waals surface area contributed by atoms with Gasteiger partial charge in [-0.3, -0.25) is 0 Å². The number of benzene rings is 9. The number of rotatable bonds is 6. The second-order valence-corrected chi connectivity index (χ2v) is 17.9. The maximum Gasteiger partial charge on any atom is 0.160 e. The van der Waals surface area contributed by atoms with Crippen LogP contribution in [0.25, 0.3) is 106 Å². The third kappa shape index (κ3) is 5.64. The van der Waals surface area contributed by atoms with Crippen molar-refractivity contribution in [3.63, 3.8) is 0 Å². The van der Waals surface area contributed by atoms with Gasteiger partial charge in [0.1, 0.15) is 5.69 Å². The fourth-order valence-corrected chi connectivity index (χ4v) is 11.3. The van der Waals surface area contributed by atoms with Crippen LogP contribution in [0.4, 0.5) is 0 Å². The Morgan fingerprint density at radius 3 is 1.43 bits per heavy atom. The molecule has 0 bridgehead atoms. The monoisotopic (exact) mass is 864 g/mol. The second kappa shape index (κ2) is 15.0. The van der Waals surface area contributed by atoms with Crippen LogP contribution in [0.1, 0.15) is 22.3 Å². The molecule has 68 heavy (non-hydrogen) atoms. The van der Waals surface area contributed by atoms with E-state index in [2.05, 4.69) is 247 Å². The van der Waals surface area contributed by atoms with Gasteiger partial charge in [-0.25, -0.2) is 14.5 Å². The van der Waals surface area contributed by atoms with Gasteiger partial charge in [0.25, 0.3) is 0 Å². The predicted molar refractivity (Wildman–Crippen MR) is 277 cm³/mol. The van der Waals surface area contributed by atoms with Crippen molar-refractivity contribution >= 4 is 16.3 Å². The SMILES string of the molecule is c1ccc(-c2cc(-c3ccc(-c4c(-c5ccccc5)nn5c(-c6ccccc6)cc6ccccc6c45)cc3)nc(-c3ccc4c(c3)C3(c5ccccc5-c5ccccc53)c3ccccc3-4)n2)cc1. The number of hydrogen-bond acceptors (Lipinski definition) is 3. The second-order valence-electron chi connectivity index (χ2n) is 17.9. The van der Waals surface area contributed by atoms with Crippen molar-refractivity contribution < 1.29 is 0 Å². The Kier molecular flexibility index (Phi) is 8.46. The smallest absolute Gasteiger partial charge is 0.160 e. The molecule has 2 aliphatic carbocycles. The van der Waals surface area contributed by atoms with Crippen LogP contribution >= 0.6 is 0 Å². The molecule has 9 aromatic carbocycles. The fraction of sp³-hybridized carbons (Fsp3) is 0.0156. The third-order valence-electron chi connectivity index (χ3n) is 14.3. The molecule has 14 rings (SSSR count). The normalized spacial score (nSPS) is 12.8. The average Bonchev–Trinajstić information content (AvgIpc) is 4.07. The first kappa shape index (κ1) is 38.3. The predicted octanol–water partition coefficient (Wildman–Crippen LogP) is 15.6. The summed E-state index contributed by atoms with van der Waals surface area (Å²) in [5, 5.41) is 7.76. The molecule has 3 aromatic heterocycles. The minimum Gasteiger partial charge on any atom is -0.231 e. The molecule has 1 spiro atoms. The van der Waals surface area contributed by atoms with Crippen LogP contribution in [-0.2, 0) is 5.41 Å². The lowest BCUT2D eigenvalue weighted by atomic mass is 9.70. The molecule has 0 atom stereocenters. The Labute approximate surface area is 394 Å². The first-order chi connectivity index (χ1) is 33.7. The highest BCUT2D eigenvalue weighted by molar-refractivity contribution is 6.08. The Bertz CT molecular complexity index is 3880. The van der Waals surface area contributed by atoms with E-state index in [1.165, 1.54) is 49.9 Å². The summed E-state index contributed by atoms with van der Waals surface area (Å²) in [6.07, 6.45) is 0. The molecule has 0 saturated heterocycles. The van der Waals surface area contributed by atoms with Gasteiger partial charge in [0, 0.05) is 38.8 Å². The molecule has 4 nitrogen and oxygen atoms in total. The molecular formula is C64H40N4. The minimum absolute atomic E-state index is 0.464. The van der Waals surface area contributed by atoms with E-state index in [4.69, 9.17) is 15.1 Å². The van der Waals surface area contributed by atoms with E-state index in [1.54, 1.807) is 0 Å². The molecule has 0 fully saturated rings. The lowest BCUT2D eigenvalue weighted by Crippen LogP contribution is -2.25. The molecule has 0 amide bonds. The van der Waals surface area contributed by atoms with Gasteiger partial charge in [-0.15, -0.1) is 0 Å². The maximum absolute atomic E-state index is 5.44. The summed E-state index contributed by atoms with van der Waals surface area (Å²) >= 11 is 0. The van der Waals surface area contributed by atoms with Crippen LogP contribution < -0.4 is 0 Å². The maximum atomic E-state index is 5.44. The van der Waals surface area contributed by atoms with Crippen LogP contribution in [0.5, 0.6) is 0 Å². The van der Waals surface area contributed by atoms with Gasteiger partial charge in [0.05, 0.1) is 28.0 Å². The lowest BCUT2D eigenvalue weighted by molar-refractivity contribution is 0.794. The summed E-state index contributed by atoms with van der Waals surface area (Å²) in [7, 11) is 0. The highest BCUT2D eigenvalue weighted by atomic mass is 15.2. The summed E-state index contributed by atoms with van der Waals surface area (Å²) in [5.41, 5.74) is 22.0. The minimum atomic E-state index is -0.464. The van der Waals surface area contributed by atoms with Gasteiger partial charge < -0.3 is 0 Å². The zero-order chi connectivity index (χ0) is 44.8. The summed E-state index contributed by atoms with van der Waals surface area (Å²) in [5.74, 6) is 0.688. The van der Waals surface area contributed by atoms with Gasteiger partial charge in [-0.05, 0) is 73.7 Å². The Morgan fingerprint density at radius 2 is 0.809 bits per heavy atom. The molecular weight excluding hydrogens is 825 g/mol.